The number of halogens is 5. The first-order valence-corrected chi connectivity index (χ1v) is 11.3. The molecule has 0 bridgehead atoms. The van der Waals surface area contributed by atoms with Gasteiger partial charge in [0.1, 0.15) is 11.8 Å². The molecule has 2 aromatic rings. The Bertz CT molecular complexity index is 1050. The molecule has 1 fully saturated rings. The van der Waals surface area contributed by atoms with E-state index in [1.807, 2.05) is 0 Å². The normalized spacial score (nSPS) is 19.0. The van der Waals surface area contributed by atoms with Crippen LogP contribution in [0.5, 0.6) is 5.75 Å². The van der Waals surface area contributed by atoms with Crippen LogP contribution < -0.4 is 10.1 Å². The van der Waals surface area contributed by atoms with Crippen LogP contribution in [-0.4, -0.2) is 43.8 Å². The predicted octanol–water partition coefficient (Wildman–Crippen LogP) is 4.05. The van der Waals surface area contributed by atoms with E-state index in [1.54, 1.807) is 0 Å². The van der Waals surface area contributed by atoms with Crippen LogP contribution >= 0.6 is 11.6 Å². The number of amides is 1. The van der Waals surface area contributed by atoms with Gasteiger partial charge < -0.3 is 10.1 Å². The molecule has 2 aromatic carbocycles. The zero-order valence-electron chi connectivity index (χ0n) is 16.5. The Morgan fingerprint density at radius 3 is 2.34 bits per heavy atom. The first-order chi connectivity index (χ1) is 15.0. The third-order valence-corrected chi connectivity index (χ3v) is 6.96. The molecule has 1 atom stereocenters. The standard InChI is InChI=1S/C20H19ClF4N2O4S/c21-14-3-7-16(8-4-14)32(29,30)27(17-11-20(24,25)9-10-26-18(17)28)12-13-1-5-15(6-2-13)31-19(22)23/h1-8,17,19H,9-12H2,(H,26,28). The van der Waals surface area contributed by atoms with E-state index in [-0.39, 0.29) is 27.8 Å². The highest BCUT2D eigenvalue weighted by molar-refractivity contribution is 7.89. The Morgan fingerprint density at radius 1 is 1.12 bits per heavy atom. The van der Waals surface area contributed by atoms with E-state index >= 15 is 0 Å². The Kier molecular flexibility index (Phi) is 7.31. The molecule has 3 rings (SSSR count). The molecule has 0 aliphatic carbocycles. The van der Waals surface area contributed by atoms with Crippen LogP contribution in [0.25, 0.3) is 0 Å². The maximum Gasteiger partial charge on any atom is 0.387 e. The van der Waals surface area contributed by atoms with E-state index in [4.69, 9.17) is 11.6 Å². The van der Waals surface area contributed by atoms with Gasteiger partial charge in [0, 0.05) is 31.0 Å². The third kappa shape index (κ3) is 5.90. The van der Waals surface area contributed by atoms with E-state index < -0.39 is 53.9 Å². The van der Waals surface area contributed by atoms with Crippen LogP contribution in [0.4, 0.5) is 17.6 Å². The van der Waals surface area contributed by atoms with Gasteiger partial charge in [0.15, 0.2) is 0 Å². The van der Waals surface area contributed by atoms with Crippen molar-refractivity contribution in [3.8, 4) is 5.75 Å². The average Bonchev–Trinajstić information content (AvgIpc) is 2.84. The second kappa shape index (κ2) is 9.63. The first-order valence-electron chi connectivity index (χ1n) is 9.45. The maximum atomic E-state index is 14.3. The van der Waals surface area contributed by atoms with Crippen molar-refractivity contribution in [2.45, 2.75) is 42.9 Å². The van der Waals surface area contributed by atoms with Crippen molar-refractivity contribution in [3.63, 3.8) is 0 Å². The van der Waals surface area contributed by atoms with Crippen LogP contribution in [0, 0.1) is 0 Å². The van der Waals surface area contributed by atoms with E-state index in [1.165, 1.54) is 48.5 Å². The summed E-state index contributed by atoms with van der Waals surface area (Å²) in [5, 5.41) is 2.60. The van der Waals surface area contributed by atoms with Crippen molar-refractivity contribution in [2.75, 3.05) is 6.54 Å². The Morgan fingerprint density at radius 2 is 1.75 bits per heavy atom. The van der Waals surface area contributed by atoms with Crippen LogP contribution in [0.2, 0.25) is 5.02 Å². The molecule has 12 heteroatoms. The van der Waals surface area contributed by atoms with Gasteiger partial charge in [0.25, 0.3) is 5.92 Å². The molecule has 6 nitrogen and oxygen atoms in total. The van der Waals surface area contributed by atoms with Crippen LogP contribution in [0.3, 0.4) is 0 Å². The van der Waals surface area contributed by atoms with Gasteiger partial charge in [-0.05, 0) is 42.0 Å². The summed E-state index contributed by atoms with van der Waals surface area (Å²) in [7, 11) is -4.41. The maximum absolute atomic E-state index is 14.3. The van der Waals surface area contributed by atoms with Crippen molar-refractivity contribution in [2.24, 2.45) is 0 Å². The summed E-state index contributed by atoms with van der Waals surface area (Å²) in [6.07, 6.45) is -1.62. The number of carbonyl (C=O) groups is 1. The molecule has 0 saturated carbocycles. The molecule has 0 aromatic heterocycles. The number of rotatable bonds is 7. The molecule has 1 heterocycles. The van der Waals surface area contributed by atoms with Gasteiger partial charge in [-0.25, -0.2) is 17.2 Å². The summed E-state index contributed by atoms with van der Waals surface area (Å²) in [5.41, 5.74) is 0.282. The highest BCUT2D eigenvalue weighted by Crippen LogP contribution is 2.32. The second-order valence-electron chi connectivity index (χ2n) is 7.14. The monoisotopic (exact) mass is 494 g/mol. The number of hydrogen-bond acceptors (Lipinski definition) is 4. The smallest absolute Gasteiger partial charge is 0.387 e. The van der Waals surface area contributed by atoms with E-state index in [2.05, 4.69) is 10.1 Å². The number of benzene rings is 2. The van der Waals surface area contributed by atoms with Gasteiger partial charge >= 0.3 is 6.61 Å². The Labute approximate surface area is 187 Å². The minimum Gasteiger partial charge on any atom is -0.435 e. The van der Waals surface area contributed by atoms with E-state index in [0.29, 0.717) is 4.31 Å². The van der Waals surface area contributed by atoms with Gasteiger partial charge in [-0.2, -0.15) is 13.1 Å². The Balaban J connectivity index is 2.00. The van der Waals surface area contributed by atoms with Crippen LogP contribution in [0.1, 0.15) is 18.4 Å². The minimum absolute atomic E-state index is 0.158. The number of alkyl halides is 4. The molecule has 1 N–H and O–H groups in total. The van der Waals surface area contributed by atoms with Gasteiger partial charge in [-0.3, -0.25) is 4.79 Å². The SMILES string of the molecule is O=C1NCCC(F)(F)CC1N(Cc1ccc(OC(F)F)cc1)S(=O)(=O)c1ccc(Cl)cc1. The van der Waals surface area contributed by atoms with Gasteiger partial charge in [0.2, 0.25) is 15.9 Å². The van der Waals surface area contributed by atoms with Crippen molar-refractivity contribution in [1.29, 1.82) is 0 Å². The fourth-order valence-corrected chi connectivity index (χ4v) is 4.96. The number of hydrogen-bond donors (Lipinski definition) is 1. The van der Waals surface area contributed by atoms with Gasteiger partial charge in [0.05, 0.1) is 4.90 Å². The molecule has 174 valence electrons. The molecule has 32 heavy (non-hydrogen) atoms. The summed E-state index contributed by atoms with van der Waals surface area (Å²) < 4.78 is 85.0. The number of carbonyl (C=O) groups excluding carboxylic acids is 1. The molecule has 1 saturated heterocycles. The summed E-state index contributed by atoms with van der Waals surface area (Å²) in [4.78, 5) is 12.3. The second-order valence-corrected chi connectivity index (χ2v) is 9.47. The lowest BCUT2D eigenvalue weighted by Crippen LogP contribution is -2.49. The van der Waals surface area contributed by atoms with Gasteiger partial charge in [-0.1, -0.05) is 23.7 Å². The molecule has 0 spiro atoms. The van der Waals surface area contributed by atoms with E-state index in [9.17, 15) is 30.8 Å². The van der Waals surface area contributed by atoms with Crippen LogP contribution in [-0.2, 0) is 21.4 Å². The topological polar surface area (TPSA) is 75.7 Å². The van der Waals surface area contributed by atoms with Crippen molar-refractivity contribution >= 4 is 27.5 Å². The number of sulfonamides is 1. The summed E-state index contributed by atoms with van der Waals surface area (Å²) >= 11 is 5.82. The van der Waals surface area contributed by atoms with Gasteiger partial charge in [-0.15, -0.1) is 0 Å². The predicted molar refractivity (Wildman–Crippen MR) is 108 cm³/mol. The summed E-state index contributed by atoms with van der Waals surface area (Å²) in [5.74, 6) is -4.28. The molecule has 1 amide bonds. The third-order valence-electron chi connectivity index (χ3n) is 4.84. The highest BCUT2D eigenvalue weighted by Gasteiger charge is 2.45. The minimum atomic E-state index is -4.41. The number of ether oxygens (including phenoxy) is 1. The van der Waals surface area contributed by atoms with Crippen molar-refractivity contribution in [1.82, 2.24) is 9.62 Å². The van der Waals surface area contributed by atoms with Crippen molar-refractivity contribution < 1.29 is 35.5 Å². The quantitative estimate of drug-likeness (QED) is 0.589. The lowest BCUT2D eigenvalue weighted by Gasteiger charge is -2.30. The first kappa shape index (κ1) is 24.3. The fourth-order valence-electron chi connectivity index (χ4n) is 3.26. The molecular formula is C20H19ClF4N2O4S. The molecule has 1 unspecified atom stereocenters. The number of nitrogens with one attached hydrogen (secondary N) is 1. The lowest BCUT2D eigenvalue weighted by atomic mass is 10.1. The zero-order chi connectivity index (χ0) is 23.5. The molecule has 0 radical (unpaired) electrons. The largest absolute Gasteiger partial charge is 0.435 e. The Hall–Kier alpha value is -2.37. The zero-order valence-corrected chi connectivity index (χ0v) is 18.1. The molecular weight excluding hydrogens is 476 g/mol. The fraction of sp³-hybridized carbons (Fsp3) is 0.350. The van der Waals surface area contributed by atoms with Crippen LogP contribution in [0.15, 0.2) is 53.4 Å². The lowest BCUT2D eigenvalue weighted by molar-refractivity contribution is -0.126. The summed E-state index contributed by atoms with van der Waals surface area (Å²) in [6, 6.07) is 8.38. The highest BCUT2D eigenvalue weighted by atomic mass is 35.5. The molecule has 1 aliphatic rings. The van der Waals surface area contributed by atoms with E-state index in [0.717, 1.165) is 0 Å². The molecule has 1 aliphatic heterocycles. The van der Waals surface area contributed by atoms with Crippen molar-refractivity contribution in [3.05, 3.63) is 59.1 Å². The average molecular weight is 495 g/mol. The summed E-state index contributed by atoms with van der Waals surface area (Å²) in [6.45, 7) is -3.79. The number of nitrogens with zero attached hydrogens (tertiary/aromatic N) is 1.